The number of fused-ring (bicyclic) bond motifs is 2. The summed E-state index contributed by atoms with van der Waals surface area (Å²) in [6.07, 6.45) is 7.66. The third-order valence-corrected chi connectivity index (χ3v) is 7.71. The molecule has 3 aromatic rings. The van der Waals surface area contributed by atoms with E-state index in [-0.39, 0.29) is 0 Å². The van der Waals surface area contributed by atoms with E-state index < -0.39 is 0 Å². The number of pyridine rings is 2. The fourth-order valence-electron chi connectivity index (χ4n) is 5.57. The number of hydrogen-bond donors (Lipinski definition) is 0. The van der Waals surface area contributed by atoms with E-state index in [2.05, 4.69) is 70.5 Å². The van der Waals surface area contributed by atoms with Gasteiger partial charge in [0.2, 0.25) is 0 Å². The summed E-state index contributed by atoms with van der Waals surface area (Å²) in [7, 11) is 4.33. The van der Waals surface area contributed by atoms with E-state index >= 15 is 0 Å². The molecule has 4 heterocycles. The zero-order valence-electron chi connectivity index (χ0n) is 20.0. The average molecular weight is 467 g/mol. The molecule has 6 nitrogen and oxygen atoms in total. The van der Waals surface area contributed by atoms with E-state index in [4.69, 9.17) is 21.6 Å². The Morgan fingerprint density at radius 1 is 1.15 bits per heavy atom. The van der Waals surface area contributed by atoms with Crippen LogP contribution in [0.1, 0.15) is 55.6 Å². The van der Waals surface area contributed by atoms with E-state index in [1.807, 2.05) is 6.20 Å². The number of anilines is 1. The first kappa shape index (κ1) is 22.6. The summed E-state index contributed by atoms with van der Waals surface area (Å²) in [5.74, 6) is 1.15. The lowest BCUT2D eigenvalue weighted by Crippen LogP contribution is -2.32. The number of imidazole rings is 1. The van der Waals surface area contributed by atoms with Gasteiger partial charge in [0.15, 0.2) is 0 Å². The van der Waals surface area contributed by atoms with E-state index in [1.165, 1.54) is 24.1 Å². The van der Waals surface area contributed by atoms with Crippen LogP contribution in [-0.2, 0) is 13.0 Å². The molecule has 0 amide bonds. The second-order valence-corrected chi connectivity index (χ2v) is 10.1. The number of rotatable bonds is 7. The molecule has 3 aromatic heterocycles. The Kier molecular flexibility index (Phi) is 6.59. The third-order valence-electron chi connectivity index (χ3n) is 7.32. The molecule has 0 aromatic carbocycles. The Morgan fingerprint density at radius 3 is 2.82 bits per heavy atom. The largest absolute Gasteiger partial charge is 0.356 e. The van der Waals surface area contributed by atoms with Crippen LogP contribution in [0, 0.1) is 0 Å². The van der Waals surface area contributed by atoms with Crippen molar-refractivity contribution in [2.75, 3.05) is 38.6 Å². The van der Waals surface area contributed by atoms with Crippen molar-refractivity contribution in [3.8, 4) is 0 Å². The first-order valence-electron chi connectivity index (χ1n) is 12.3. The van der Waals surface area contributed by atoms with Gasteiger partial charge in [0.1, 0.15) is 16.6 Å². The van der Waals surface area contributed by atoms with Crippen molar-refractivity contribution >= 4 is 23.1 Å². The summed E-state index contributed by atoms with van der Waals surface area (Å²) in [5.41, 5.74) is 4.52. The van der Waals surface area contributed by atoms with Gasteiger partial charge >= 0.3 is 0 Å². The SMILES string of the molecule is CCCN(Cc1nc2cccc(N3CC[C@@H](N(C)C)C3)n2c1Cl)C1CCCc2cccnc21. The quantitative estimate of drug-likeness (QED) is 0.499. The number of nitrogens with zero attached hydrogens (tertiary/aromatic N) is 6. The van der Waals surface area contributed by atoms with Crippen LogP contribution >= 0.6 is 11.6 Å². The molecule has 1 unspecified atom stereocenters. The first-order valence-corrected chi connectivity index (χ1v) is 12.7. The van der Waals surface area contributed by atoms with Crippen molar-refractivity contribution in [2.45, 2.75) is 57.7 Å². The van der Waals surface area contributed by atoms with Gasteiger partial charge in [-0.1, -0.05) is 30.7 Å². The fraction of sp³-hybridized carbons (Fsp3) is 0.538. The second-order valence-electron chi connectivity index (χ2n) is 9.71. The molecule has 0 spiro atoms. The molecule has 1 fully saturated rings. The predicted molar refractivity (Wildman–Crippen MR) is 135 cm³/mol. The minimum atomic E-state index is 0.328. The average Bonchev–Trinajstić information content (AvgIpc) is 3.44. The molecule has 5 rings (SSSR count). The highest BCUT2D eigenvalue weighted by molar-refractivity contribution is 6.30. The summed E-state index contributed by atoms with van der Waals surface area (Å²) >= 11 is 7.04. The van der Waals surface area contributed by atoms with Crippen molar-refractivity contribution in [3.05, 3.63) is 58.6 Å². The number of aromatic nitrogens is 3. The Bertz CT molecular complexity index is 1110. The first-order chi connectivity index (χ1) is 16.1. The minimum Gasteiger partial charge on any atom is -0.356 e. The molecule has 176 valence electrons. The molecule has 0 N–H and O–H groups in total. The molecule has 0 bridgehead atoms. The van der Waals surface area contributed by atoms with Gasteiger partial charge in [-0.2, -0.15) is 0 Å². The summed E-state index contributed by atoms with van der Waals surface area (Å²) in [4.78, 5) is 17.1. The van der Waals surface area contributed by atoms with Crippen LogP contribution in [0.5, 0.6) is 0 Å². The van der Waals surface area contributed by atoms with Crippen LogP contribution in [0.25, 0.3) is 5.65 Å². The predicted octanol–water partition coefficient (Wildman–Crippen LogP) is 4.81. The maximum atomic E-state index is 7.04. The van der Waals surface area contributed by atoms with Crippen LogP contribution in [0.2, 0.25) is 5.15 Å². The van der Waals surface area contributed by atoms with Gasteiger partial charge in [0.25, 0.3) is 0 Å². The van der Waals surface area contributed by atoms with Crippen LogP contribution < -0.4 is 4.90 Å². The van der Waals surface area contributed by atoms with Gasteiger partial charge in [-0.3, -0.25) is 14.3 Å². The second kappa shape index (κ2) is 9.61. The summed E-state index contributed by atoms with van der Waals surface area (Å²) in [6, 6.07) is 11.5. The molecular weight excluding hydrogens is 432 g/mol. The van der Waals surface area contributed by atoms with Crippen molar-refractivity contribution < 1.29 is 0 Å². The number of hydrogen-bond acceptors (Lipinski definition) is 5. The molecule has 7 heteroatoms. The Hall–Kier alpha value is -2.15. The molecule has 1 saturated heterocycles. The zero-order chi connectivity index (χ0) is 22.9. The maximum Gasteiger partial charge on any atom is 0.139 e. The highest BCUT2D eigenvalue weighted by Gasteiger charge is 2.30. The van der Waals surface area contributed by atoms with E-state index in [1.54, 1.807) is 0 Å². The highest BCUT2D eigenvalue weighted by Crippen LogP contribution is 2.35. The van der Waals surface area contributed by atoms with Crippen LogP contribution in [0.4, 0.5) is 5.82 Å². The van der Waals surface area contributed by atoms with Crippen LogP contribution in [0.3, 0.4) is 0 Å². The Labute approximate surface area is 202 Å². The normalized spacial score (nSPS) is 20.8. The molecule has 33 heavy (non-hydrogen) atoms. The standard InChI is InChI=1S/C26H35ClN6/c1-4-15-31(22-10-5-8-19-9-7-14-28-25(19)22)18-21-26(27)33-23(29-21)11-6-12-24(33)32-16-13-20(17-32)30(2)3/h6-7,9,11-12,14,20,22H,4-5,8,10,13,15-18H2,1-3H3/t20-,22?/m1/s1. The monoisotopic (exact) mass is 466 g/mol. The van der Waals surface area contributed by atoms with Crippen molar-refractivity contribution in [2.24, 2.45) is 0 Å². The minimum absolute atomic E-state index is 0.328. The third kappa shape index (κ3) is 4.36. The van der Waals surface area contributed by atoms with Gasteiger partial charge < -0.3 is 9.80 Å². The van der Waals surface area contributed by atoms with Crippen molar-refractivity contribution in [3.63, 3.8) is 0 Å². The lowest BCUT2D eigenvalue weighted by Gasteiger charge is -2.34. The van der Waals surface area contributed by atoms with Gasteiger partial charge in [-0.25, -0.2) is 4.98 Å². The fourth-order valence-corrected chi connectivity index (χ4v) is 5.85. The maximum absolute atomic E-state index is 7.04. The zero-order valence-corrected chi connectivity index (χ0v) is 20.8. The number of aryl methyl sites for hydroxylation is 1. The molecule has 0 saturated carbocycles. The lowest BCUT2D eigenvalue weighted by atomic mass is 9.90. The molecule has 1 aliphatic heterocycles. The summed E-state index contributed by atoms with van der Waals surface area (Å²) < 4.78 is 2.14. The number of likely N-dealkylation sites (N-methyl/N-ethyl adjacent to an activating group) is 1. The smallest absolute Gasteiger partial charge is 0.139 e. The molecule has 1 aliphatic carbocycles. The van der Waals surface area contributed by atoms with Crippen LogP contribution in [0.15, 0.2) is 36.5 Å². The highest BCUT2D eigenvalue weighted by atomic mass is 35.5. The molecule has 2 aliphatic rings. The van der Waals surface area contributed by atoms with E-state index in [9.17, 15) is 0 Å². The molecular formula is C26H35ClN6. The summed E-state index contributed by atoms with van der Waals surface area (Å²) in [5, 5.41) is 0.743. The van der Waals surface area contributed by atoms with Crippen molar-refractivity contribution in [1.29, 1.82) is 0 Å². The van der Waals surface area contributed by atoms with E-state index in [0.29, 0.717) is 12.1 Å². The Balaban J connectivity index is 1.46. The van der Waals surface area contributed by atoms with Crippen molar-refractivity contribution in [1.82, 2.24) is 24.2 Å². The molecule has 2 atom stereocenters. The lowest BCUT2D eigenvalue weighted by molar-refractivity contribution is 0.164. The van der Waals surface area contributed by atoms with Gasteiger partial charge in [-0.05, 0) is 76.5 Å². The van der Waals surface area contributed by atoms with Gasteiger partial charge in [-0.15, -0.1) is 0 Å². The van der Waals surface area contributed by atoms with E-state index in [0.717, 1.165) is 67.8 Å². The topological polar surface area (TPSA) is 39.9 Å². The van der Waals surface area contributed by atoms with Crippen LogP contribution in [-0.4, -0.2) is 63.9 Å². The van der Waals surface area contributed by atoms with Gasteiger partial charge in [0, 0.05) is 31.9 Å². The van der Waals surface area contributed by atoms with Gasteiger partial charge in [0.05, 0.1) is 17.4 Å². The number of halogens is 1. The summed E-state index contributed by atoms with van der Waals surface area (Å²) in [6.45, 7) is 6.05. The Morgan fingerprint density at radius 2 is 2.03 bits per heavy atom. The molecule has 0 radical (unpaired) electrons.